The van der Waals surface area contributed by atoms with Gasteiger partial charge in [0.1, 0.15) is 11.6 Å². The van der Waals surface area contributed by atoms with Crippen LogP contribution < -0.4 is 0 Å². The number of carboxylic acid groups (broad SMARTS) is 1. The van der Waals surface area contributed by atoms with E-state index in [-0.39, 0.29) is 11.1 Å². The van der Waals surface area contributed by atoms with Gasteiger partial charge in [-0.05, 0) is 18.6 Å². The van der Waals surface area contributed by atoms with Crippen LogP contribution in [0.3, 0.4) is 0 Å². The molecule has 0 fully saturated rings. The first-order valence-electron chi connectivity index (χ1n) is 4.36. The molecule has 6 heteroatoms. The molecule has 0 radical (unpaired) electrons. The Labute approximate surface area is 90.9 Å². The lowest BCUT2D eigenvalue weighted by Gasteiger charge is -2.05. The summed E-state index contributed by atoms with van der Waals surface area (Å²) in [4.78, 5) is 20.7. The Kier molecular flexibility index (Phi) is 3.20. The van der Waals surface area contributed by atoms with Crippen molar-refractivity contribution in [1.82, 2.24) is 0 Å². The highest BCUT2D eigenvalue weighted by Crippen LogP contribution is 2.26. The summed E-state index contributed by atoms with van der Waals surface area (Å²) in [6.45, 7) is 1.58. The molecule has 0 saturated carbocycles. The average molecular weight is 220 g/mol. The third kappa shape index (κ3) is 2.15. The van der Waals surface area contributed by atoms with Crippen LogP contribution in [0.4, 0.5) is 5.69 Å². The topological polar surface area (TPSA) is 104 Å². The molecule has 0 aliphatic heterocycles. The number of aliphatic carboxylic acids is 1. The first kappa shape index (κ1) is 11.7. The van der Waals surface area contributed by atoms with Crippen molar-refractivity contribution in [3.05, 3.63) is 38.9 Å². The van der Waals surface area contributed by atoms with Gasteiger partial charge in [0.25, 0.3) is 5.69 Å². The molecule has 1 rings (SSSR count). The molecular formula is C10H8N2O4. The molecule has 82 valence electrons. The minimum absolute atomic E-state index is 0.0801. The number of carboxylic acids is 1. The monoisotopic (exact) mass is 220 g/mol. The van der Waals surface area contributed by atoms with Gasteiger partial charge in [0.15, 0.2) is 0 Å². The summed E-state index contributed by atoms with van der Waals surface area (Å²) in [5.41, 5.74) is 0.0430. The Balaban J connectivity index is 3.49. The highest BCUT2D eigenvalue weighted by atomic mass is 16.6. The van der Waals surface area contributed by atoms with Gasteiger partial charge in [-0.1, -0.05) is 6.07 Å². The summed E-state index contributed by atoms with van der Waals surface area (Å²) >= 11 is 0. The number of hydrogen-bond acceptors (Lipinski definition) is 4. The second-order valence-corrected chi connectivity index (χ2v) is 3.20. The molecule has 0 aliphatic carbocycles. The molecule has 0 heterocycles. The summed E-state index contributed by atoms with van der Waals surface area (Å²) in [5, 5.41) is 28.2. The molecular weight excluding hydrogens is 212 g/mol. The predicted octanol–water partition coefficient (Wildman–Crippen LogP) is 1.40. The normalized spacial score (nSPS) is 9.50. The van der Waals surface area contributed by atoms with Crippen molar-refractivity contribution in [3.8, 4) is 6.07 Å². The first-order valence-corrected chi connectivity index (χ1v) is 4.36. The lowest BCUT2D eigenvalue weighted by atomic mass is 10.00. The molecule has 0 bridgehead atoms. The van der Waals surface area contributed by atoms with Gasteiger partial charge in [0, 0.05) is 5.56 Å². The van der Waals surface area contributed by atoms with Crippen molar-refractivity contribution in [3.63, 3.8) is 0 Å². The maximum absolute atomic E-state index is 10.8. The van der Waals surface area contributed by atoms with Crippen LogP contribution in [-0.2, 0) is 11.2 Å². The van der Waals surface area contributed by atoms with E-state index in [2.05, 4.69) is 0 Å². The minimum atomic E-state index is -1.17. The van der Waals surface area contributed by atoms with E-state index in [1.807, 2.05) is 0 Å². The fraction of sp³-hybridized carbons (Fsp3) is 0.200. The molecule has 0 atom stereocenters. The van der Waals surface area contributed by atoms with Crippen LogP contribution in [0.5, 0.6) is 0 Å². The minimum Gasteiger partial charge on any atom is -0.481 e. The number of nitro groups is 1. The van der Waals surface area contributed by atoms with Crippen molar-refractivity contribution < 1.29 is 14.8 Å². The molecule has 0 aromatic heterocycles. The Bertz CT molecular complexity index is 502. The van der Waals surface area contributed by atoms with Crippen LogP contribution in [0, 0.1) is 28.4 Å². The van der Waals surface area contributed by atoms with E-state index in [4.69, 9.17) is 10.4 Å². The number of aryl methyl sites for hydroxylation is 1. The van der Waals surface area contributed by atoms with E-state index in [0.29, 0.717) is 5.56 Å². The maximum atomic E-state index is 10.8. The fourth-order valence-corrected chi connectivity index (χ4v) is 1.41. The third-order valence-corrected chi connectivity index (χ3v) is 2.15. The Morgan fingerprint density at radius 2 is 2.25 bits per heavy atom. The van der Waals surface area contributed by atoms with E-state index in [0.717, 1.165) is 0 Å². The van der Waals surface area contributed by atoms with Crippen LogP contribution in [0.15, 0.2) is 12.1 Å². The van der Waals surface area contributed by atoms with Crippen molar-refractivity contribution >= 4 is 11.7 Å². The SMILES string of the molecule is Cc1ccc(C#N)c([N+](=O)[O-])c1CC(=O)O. The van der Waals surface area contributed by atoms with Gasteiger partial charge in [-0.15, -0.1) is 0 Å². The van der Waals surface area contributed by atoms with Gasteiger partial charge >= 0.3 is 5.97 Å². The first-order chi connectivity index (χ1) is 7.47. The quantitative estimate of drug-likeness (QED) is 0.612. The van der Waals surface area contributed by atoms with Crippen LogP contribution in [0.2, 0.25) is 0 Å². The lowest BCUT2D eigenvalue weighted by molar-refractivity contribution is -0.385. The van der Waals surface area contributed by atoms with E-state index in [9.17, 15) is 14.9 Å². The van der Waals surface area contributed by atoms with E-state index < -0.39 is 23.0 Å². The number of nitrogens with zero attached hydrogens (tertiary/aromatic N) is 2. The van der Waals surface area contributed by atoms with E-state index in [1.54, 1.807) is 13.0 Å². The second kappa shape index (κ2) is 4.40. The van der Waals surface area contributed by atoms with Crippen LogP contribution in [0.25, 0.3) is 0 Å². The molecule has 16 heavy (non-hydrogen) atoms. The third-order valence-electron chi connectivity index (χ3n) is 2.15. The smallest absolute Gasteiger partial charge is 0.308 e. The summed E-state index contributed by atoms with van der Waals surface area (Å²) in [6, 6.07) is 4.51. The summed E-state index contributed by atoms with van der Waals surface area (Å²) in [7, 11) is 0. The Morgan fingerprint density at radius 1 is 1.62 bits per heavy atom. The zero-order valence-electron chi connectivity index (χ0n) is 8.43. The van der Waals surface area contributed by atoms with Crippen molar-refractivity contribution in [2.24, 2.45) is 0 Å². The highest BCUT2D eigenvalue weighted by Gasteiger charge is 2.23. The zero-order valence-corrected chi connectivity index (χ0v) is 8.43. The summed E-state index contributed by atoms with van der Waals surface area (Å²) in [5.74, 6) is -1.17. The predicted molar refractivity (Wildman–Crippen MR) is 53.9 cm³/mol. The molecule has 6 nitrogen and oxygen atoms in total. The highest BCUT2D eigenvalue weighted by molar-refractivity contribution is 5.74. The fourth-order valence-electron chi connectivity index (χ4n) is 1.41. The van der Waals surface area contributed by atoms with Gasteiger partial charge in [0.2, 0.25) is 0 Å². The number of nitro benzene ring substituents is 1. The number of carbonyl (C=O) groups is 1. The molecule has 0 aliphatic rings. The number of benzene rings is 1. The van der Waals surface area contributed by atoms with Crippen molar-refractivity contribution in [1.29, 1.82) is 5.26 Å². The van der Waals surface area contributed by atoms with Crippen molar-refractivity contribution in [2.75, 3.05) is 0 Å². The Hall–Kier alpha value is -2.42. The molecule has 0 amide bonds. The maximum Gasteiger partial charge on any atom is 0.308 e. The molecule has 0 spiro atoms. The van der Waals surface area contributed by atoms with Crippen molar-refractivity contribution in [2.45, 2.75) is 13.3 Å². The van der Waals surface area contributed by atoms with Crippen LogP contribution >= 0.6 is 0 Å². The van der Waals surface area contributed by atoms with E-state index in [1.165, 1.54) is 12.1 Å². The number of nitriles is 1. The van der Waals surface area contributed by atoms with Gasteiger partial charge in [-0.2, -0.15) is 5.26 Å². The molecule has 1 aromatic carbocycles. The lowest BCUT2D eigenvalue weighted by Crippen LogP contribution is -2.07. The van der Waals surface area contributed by atoms with E-state index >= 15 is 0 Å². The van der Waals surface area contributed by atoms with Gasteiger partial charge < -0.3 is 5.11 Å². The second-order valence-electron chi connectivity index (χ2n) is 3.20. The number of hydrogen-bond donors (Lipinski definition) is 1. The van der Waals surface area contributed by atoms with Crippen LogP contribution in [-0.4, -0.2) is 16.0 Å². The van der Waals surface area contributed by atoms with Crippen LogP contribution in [0.1, 0.15) is 16.7 Å². The Morgan fingerprint density at radius 3 is 2.69 bits per heavy atom. The van der Waals surface area contributed by atoms with Gasteiger partial charge in [-0.3, -0.25) is 14.9 Å². The standard InChI is InChI=1S/C10H8N2O4/c1-6-2-3-7(5-11)10(12(15)16)8(6)4-9(13)14/h2-3H,4H2,1H3,(H,13,14). The number of rotatable bonds is 3. The molecule has 0 saturated heterocycles. The summed E-state index contributed by atoms with van der Waals surface area (Å²) < 4.78 is 0. The average Bonchev–Trinajstić information content (AvgIpc) is 2.19. The zero-order chi connectivity index (χ0) is 12.3. The largest absolute Gasteiger partial charge is 0.481 e. The van der Waals surface area contributed by atoms with Gasteiger partial charge in [-0.25, -0.2) is 0 Å². The molecule has 0 unspecified atom stereocenters. The summed E-state index contributed by atoms with van der Waals surface area (Å²) in [6.07, 6.45) is -0.461. The molecule has 1 aromatic rings. The van der Waals surface area contributed by atoms with Gasteiger partial charge in [0.05, 0.1) is 11.3 Å². The molecule has 1 N–H and O–H groups in total.